The van der Waals surface area contributed by atoms with Gasteiger partial charge in [0, 0.05) is 13.1 Å². The highest BCUT2D eigenvalue weighted by atomic mass is 32.2. The Balaban J connectivity index is 1.52. The molecule has 213 valence electrons. The van der Waals surface area contributed by atoms with E-state index in [1.165, 1.54) is 22.5 Å². The molecule has 0 aromatic heterocycles. The van der Waals surface area contributed by atoms with Crippen molar-refractivity contribution in [2.75, 3.05) is 26.3 Å². The lowest BCUT2D eigenvalue weighted by Crippen LogP contribution is -2.51. The number of carbonyl (C=O) groups is 1. The Labute approximate surface area is 229 Å². The fourth-order valence-corrected chi connectivity index (χ4v) is 6.63. The molecule has 0 saturated carbocycles. The van der Waals surface area contributed by atoms with Gasteiger partial charge in [0.15, 0.2) is 6.29 Å². The van der Waals surface area contributed by atoms with Gasteiger partial charge < -0.3 is 29.7 Å². The SMILES string of the molecule is Cc1[c]ccc(S(=O)(=O)N(CC(C)C)C[C@@H](O)[C@H](Cc2ccc(O)cc2)NC(=O)O[C@H]2CO[C@H]3OCC[C@H]32)c1. The lowest BCUT2D eigenvalue weighted by Gasteiger charge is -2.31. The molecule has 0 unspecified atom stereocenters. The van der Waals surface area contributed by atoms with Crippen LogP contribution in [0.4, 0.5) is 4.79 Å². The van der Waals surface area contributed by atoms with Crippen LogP contribution in [0, 0.1) is 24.8 Å². The third-order valence-corrected chi connectivity index (χ3v) is 8.75. The molecule has 0 spiro atoms. The number of aryl methyl sites for hydroxylation is 1. The standard InChI is InChI=1S/C28H37N2O8S/c1-18(2)15-30(39(34,35)22-6-4-5-19(3)13-22)16-25(32)24(14-20-7-9-21(31)10-8-20)29-28(33)38-26-17-37-27-23(26)11-12-36-27/h4,6-10,13,18,23-27,31-32H,11-12,14-17H2,1-3H3,(H,29,33)/t23-,24-,25+,26-,27+/m0/s1. The number of amides is 1. The Hall–Kier alpha value is -2.70. The zero-order valence-electron chi connectivity index (χ0n) is 22.4. The zero-order valence-corrected chi connectivity index (χ0v) is 23.3. The van der Waals surface area contributed by atoms with E-state index < -0.39 is 34.4 Å². The number of phenols is 1. The van der Waals surface area contributed by atoms with E-state index >= 15 is 0 Å². The van der Waals surface area contributed by atoms with E-state index in [1.54, 1.807) is 31.2 Å². The van der Waals surface area contributed by atoms with Crippen LogP contribution in [0.25, 0.3) is 0 Å². The Kier molecular flexibility index (Phi) is 9.50. The summed E-state index contributed by atoms with van der Waals surface area (Å²) in [6.45, 7) is 6.25. The molecule has 1 radical (unpaired) electrons. The van der Waals surface area contributed by atoms with Crippen molar-refractivity contribution in [3.63, 3.8) is 0 Å². The van der Waals surface area contributed by atoms with Crippen molar-refractivity contribution in [2.45, 2.75) is 63.0 Å². The van der Waals surface area contributed by atoms with Gasteiger partial charge in [0.25, 0.3) is 0 Å². The van der Waals surface area contributed by atoms with Gasteiger partial charge in [0.1, 0.15) is 11.9 Å². The summed E-state index contributed by atoms with van der Waals surface area (Å²) in [4.78, 5) is 13.1. The molecule has 10 nitrogen and oxygen atoms in total. The molecule has 2 aromatic carbocycles. The van der Waals surface area contributed by atoms with E-state index in [4.69, 9.17) is 14.2 Å². The van der Waals surface area contributed by atoms with Crippen molar-refractivity contribution in [1.82, 2.24) is 9.62 Å². The van der Waals surface area contributed by atoms with E-state index in [1.807, 2.05) is 13.8 Å². The number of phenolic OH excluding ortho intramolecular Hbond substituents is 1. The Morgan fingerprint density at radius 2 is 1.95 bits per heavy atom. The maximum Gasteiger partial charge on any atom is 0.407 e. The second-order valence-corrected chi connectivity index (χ2v) is 12.5. The minimum Gasteiger partial charge on any atom is -0.508 e. The van der Waals surface area contributed by atoms with E-state index in [-0.39, 0.29) is 54.9 Å². The number of rotatable bonds is 11. The van der Waals surface area contributed by atoms with Crippen molar-refractivity contribution in [2.24, 2.45) is 11.8 Å². The largest absolute Gasteiger partial charge is 0.508 e. The lowest BCUT2D eigenvalue weighted by molar-refractivity contribution is -0.0907. The number of hydrogen-bond donors (Lipinski definition) is 3. The third-order valence-electron chi connectivity index (χ3n) is 6.92. The number of benzene rings is 2. The number of aromatic hydroxyl groups is 1. The van der Waals surface area contributed by atoms with E-state index in [2.05, 4.69) is 11.4 Å². The lowest BCUT2D eigenvalue weighted by atomic mass is 10.0. The third kappa shape index (κ3) is 7.49. The first-order chi connectivity index (χ1) is 18.5. The maximum atomic E-state index is 13.6. The summed E-state index contributed by atoms with van der Waals surface area (Å²) in [6.07, 6.45) is -1.94. The number of alkyl carbamates (subject to hydrolysis) is 1. The van der Waals surface area contributed by atoms with Crippen LogP contribution in [0.2, 0.25) is 0 Å². The van der Waals surface area contributed by atoms with Crippen LogP contribution in [0.5, 0.6) is 5.75 Å². The molecular weight excluding hydrogens is 524 g/mol. The number of hydrogen-bond acceptors (Lipinski definition) is 8. The molecule has 2 saturated heterocycles. The van der Waals surface area contributed by atoms with Gasteiger partial charge in [-0.25, -0.2) is 13.2 Å². The van der Waals surface area contributed by atoms with Gasteiger partial charge in [-0.2, -0.15) is 4.31 Å². The van der Waals surface area contributed by atoms with Crippen LogP contribution in [0.15, 0.2) is 47.4 Å². The van der Waals surface area contributed by atoms with Crippen molar-refractivity contribution in [1.29, 1.82) is 0 Å². The summed E-state index contributed by atoms with van der Waals surface area (Å²) in [6, 6.07) is 13.0. The number of fused-ring (bicyclic) bond motifs is 1. The highest BCUT2D eigenvalue weighted by Gasteiger charge is 2.44. The van der Waals surface area contributed by atoms with Gasteiger partial charge in [-0.1, -0.05) is 32.0 Å². The van der Waals surface area contributed by atoms with Gasteiger partial charge in [-0.15, -0.1) is 0 Å². The van der Waals surface area contributed by atoms with Gasteiger partial charge in [-0.3, -0.25) is 0 Å². The minimum atomic E-state index is -3.94. The molecule has 2 aliphatic heterocycles. The summed E-state index contributed by atoms with van der Waals surface area (Å²) in [5.74, 6) is 0.0256. The van der Waals surface area contributed by atoms with Gasteiger partial charge in [0.2, 0.25) is 10.0 Å². The molecule has 0 bridgehead atoms. The molecule has 0 aliphatic carbocycles. The quantitative estimate of drug-likeness (QED) is 0.381. The number of aliphatic hydroxyl groups excluding tert-OH is 1. The molecule has 1 amide bonds. The fraction of sp³-hybridized carbons (Fsp3) is 0.536. The van der Waals surface area contributed by atoms with Crippen molar-refractivity contribution < 1.29 is 37.6 Å². The second-order valence-electron chi connectivity index (χ2n) is 10.6. The zero-order chi connectivity index (χ0) is 28.2. The Bertz CT molecular complexity index is 1220. The van der Waals surface area contributed by atoms with E-state index in [0.29, 0.717) is 12.2 Å². The summed E-state index contributed by atoms with van der Waals surface area (Å²) in [5, 5.41) is 23.8. The highest BCUT2D eigenvalue weighted by molar-refractivity contribution is 7.89. The second kappa shape index (κ2) is 12.6. The summed E-state index contributed by atoms with van der Waals surface area (Å²) in [5.41, 5.74) is 1.42. The smallest absolute Gasteiger partial charge is 0.407 e. The van der Waals surface area contributed by atoms with Crippen LogP contribution >= 0.6 is 0 Å². The van der Waals surface area contributed by atoms with Crippen LogP contribution in [0.3, 0.4) is 0 Å². The average Bonchev–Trinajstić information content (AvgIpc) is 3.49. The maximum absolute atomic E-state index is 13.6. The highest BCUT2D eigenvalue weighted by Crippen LogP contribution is 2.33. The summed E-state index contributed by atoms with van der Waals surface area (Å²) < 4.78 is 45.1. The van der Waals surface area contributed by atoms with Crippen LogP contribution in [-0.4, -0.2) is 79.9 Å². The number of carbonyl (C=O) groups excluding carboxylic acids is 1. The first-order valence-corrected chi connectivity index (χ1v) is 14.6. The average molecular weight is 562 g/mol. The number of aliphatic hydroxyl groups is 1. The van der Waals surface area contributed by atoms with Gasteiger partial charge in [-0.05, 0) is 67.1 Å². The Morgan fingerprint density at radius 3 is 2.64 bits per heavy atom. The van der Waals surface area contributed by atoms with Crippen LogP contribution in [-0.2, 0) is 30.7 Å². The minimum absolute atomic E-state index is 0.0132. The fourth-order valence-electron chi connectivity index (χ4n) is 4.92. The first kappa shape index (κ1) is 29.3. The predicted octanol–water partition coefficient (Wildman–Crippen LogP) is 2.61. The van der Waals surface area contributed by atoms with Gasteiger partial charge in [0.05, 0.1) is 36.2 Å². The van der Waals surface area contributed by atoms with E-state index in [0.717, 1.165) is 12.0 Å². The monoisotopic (exact) mass is 561 g/mol. The predicted molar refractivity (Wildman–Crippen MR) is 142 cm³/mol. The first-order valence-electron chi connectivity index (χ1n) is 13.2. The van der Waals surface area contributed by atoms with Crippen molar-refractivity contribution in [3.05, 3.63) is 59.7 Å². The topological polar surface area (TPSA) is 135 Å². The number of nitrogens with one attached hydrogen (secondary N) is 1. The van der Waals surface area contributed by atoms with Crippen LogP contribution < -0.4 is 5.32 Å². The van der Waals surface area contributed by atoms with Crippen LogP contribution in [0.1, 0.15) is 31.4 Å². The van der Waals surface area contributed by atoms with Gasteiger partial charge >= 0.3 is 6.09 Å². The molecule has 39 heavy (non-hydrogen) atoms. The number of ether oxygens (including phenoxy) is 3. The summed E-state index contributed by atoms with van der Waals surface area (Å²) in [7, 11) is -3.94. The molecular formula is C28H37N2O8S. The van der Waals surface area contributed by atoms with Crippen molar-refractivity contribution in [3.8, 4) is 5.75 Å². The molecule has 2 heterocycles. The Morgan fingerprint density at radius 1 is 1.21 bits per heavy atom. The molecule has 11 heteroatoms. The number of sulfonamides is 1. The molecule has 4 rings (SSSR count). The molecule has 2 aromatic rings. The molecule has 5 atom stereocenters. The van der Waals surface area contributed by atoms with E-state index in [9.17, 15) is 23.4 Å². The molecule has 2 fully saturated rings. The normalized spacial score (nSPS) is 22.6. The number of nitrogens with zero attached hydrogens (tertiary/aromatic N) is 1. The molecule has 3 N–H and O–H groups in total. The molecule has 2 aliphatic rings. The summed E-state index contributed by atoms with van der Waals surface area (Å²) >= 11 is 0. The van der Waals surface area contributed by atoms with Crippen molar-refractivity contribution >= 4 is 16.1 Å².